The summed E-state index contributed by atoms with van der Waals surface area (Å²) in [5.41, 5.74) is 0. The molecule has 2 fully saturated rings. The Morgan fingerprint density at radius 2 is 2.05 bits per heavy atom. The SMILES string of the molecule is Cn1cc(S(=O)(=O)N2CCCC2C2CCNCC2)cn1. The van der Waals surface area contributed by atoms with Gasteiger partial charge in [-0.2, -0.15) is 9.40 Å². The van der Waals surface area contributed by atoms with Crippen LogP contribution in [-0.4, -0.2) is 48.2 Å². The number of hydrogen-bond donors (Lipinski definition) is 1. The molecule has 1 aromatic heterocycles. The highest BCUT2D eigenvalue weighted by atomic mass is 32.2. The third kappa shape index (κ3) is 2.49. The molecule has 0 amide bonds. The summed E-state index contributed by atoms with van der Waals surface area (Å²) in [6.45, 7) is 2.65. The molecule has 6 nitrogen and oxygen atoms in total. The molecular weight excluding hydrogens is 276 g/mol. The van der Waals surface area contributed by atoms with E-state index in [-0.39, 0.29) is 6.04 Å². The lowest BCUT2D eigenvalue weighted by molar-refractivity contribution is 0.235. The van der Waals surface area contributed by atoms with Gasteiger partial charge in [0.15, 0.2) is 0 Å². The smallest absolute Gasteiger partial charge is 0.246 e. The van der Waals surface area contributed by atoms with Crippen molar-refractivity contribution in [3.05, 3.63) is 12.4 Å². The summed E-state index contributed by atoms with van der Waals surface area (Å²) in [7, 11) is -1.64. The first kappa shape index (κ1) is 14.0. The van der Waals surface area contributed by atoms with Crippen LogP contribution in [0.3, 0.4) is 0 Å². The highest BCUT2D eigenvalue weighted by molar-refractivity contribution is 7.89. The molecule has 1 N–H and O–H groups in total. The summed E-state index contributed by atoms with van der Waals surface area (Å²) < 4.78 is 28.8. The van der Waals surface area contributed by atoms with Gasteiger partial charge in [-0.15, -0.1) is 0 Å². The zero-order valence-electron chi connectivity index (χ0n) is 11.8. The van der Waals surface area contributed by atoms with E-state index < -0.39 is 10.0 Å². The van der Waals surface area contributed by atoms with E-state index in [9.17, 15) is 8.42 Å². The molecule has 2 saturated heterocycles. The van der Waals surface area contributed by atoms with Gasteiger partial charge in [-0.3, -0.25) is 4.68 Å². The number of aryl methyl sites for hydroxylation is 1. The van der Waals surface area contributed by atoms with Crippen LogP contribution in [0.5, 0.6) is 0 Å². The zero-order chi connectivity index (χ0) is 14.2. The summed E-state index contributed by atoms with van der Waals surface area (Å²) in [5, 5.41) is 7.34. The maximum atomic E-state index is 12.8. The van der Waals surface area contributed by atoms with Crippen molar-refractivity contribution in [3.63, 3.8) is 0 Å². The van der Waals surface area contributed by atoms with Crippen LogP contribution in [0.2, 0.25) is 0 Å². The molecule has 20 heavy (non-hydrogen) atoms. The molecule has 0 aromatic carbocycles. The molecule has 0 aliphatic carbocycles. The van der Waals surface area contributed by atoms with Crippen molar-refractivity contribution >= 4 is 10.0 Å². The van der Waals surface area contributed by atoms with Gasteiger partial charge >= 0.3 is 0 Å². The average molecular weight is 298 g/mol. The monoisotopic (exact) mass is 298 g/mol. The summed E-state index contributed by atoms with van der Waals surface area (Å²) in [4.78, 5) is 0.320. The Labute approximate surface area is 120 Å². The first-order valence-corrected chi connectivity index (χ1v) is 8.74. The van der Waals surface area contributed by atoms with Crippen molar-refractivity contribution in [2.45, 2.75) is 36.6 Å². The fourth-order valence-corrected chi connectivity index (χ4v) is 5.17. The minimum Gasteiger partial charge on any atom is -0.317 e. The minimum atomic E-state index is -3.39. The van der Waals surface area contributed by atoms with Crippen molar-refractivity contribution in [1.82, 2.24) is 19.4 Å². The molecule has 1 aromatic rings. The van der Waals surface area contributed by atoms with Gasteiger partial charge < -0.3 is 5.32 Å². The van der Waals surface area contributed by atoms with E-state index in [1.54, 1.807) is 22.2 Å². The Morgan fingerprint density at radius 1 is 1.30 bits per heavy atom. The molecule has 1 unspecified atom stereocenters. The van der Waals surface area contributed by atoms with Gasteiger partial charge in [0.25, 0.3) is 0 Å². The van der Waals surface area contributed by atoms with E-state index in [1.807, 2.05) is 0 Å². The normalized spacial score (nSPS) is 26.1. The summed E-state index contributed by atoms with van der Waals surface area (Å²) in [6.07, 6.45) is 7.14. The van der Waals surface area contributed by atoms with E-state index in [0.717, 1.165) is 38.8 Å². The van der Waals surface area contributed by atoms with Crippen molar-refractivity contribution in [2.24, 2.45) is 13.0 Å². The predicted molar refractivity (Wildman–Crippen MR) is 75.7 cm³/mol. The molecule has 3 rings (SSSR count). The summed E-state index contributed by atoms with van der Waals surface area (Å²) >= 11 is 0. The molecule has 7 heteroatoms. The molecule has 0 spiro atoms. The Hall–Kier alpha value is -0.920. The van der Waals surface area contributed by atoms with E-state index in [0.29, 0.717) is 17.4 Å². The fourth-order valence-electron chi connectivity index (χ4n) is 3.43. The Balaban J connectivity index is 1.84. The van der Waals surface area contributed by atoms with Crippen LogP contribution in [0.1, 0.15) is 25.7 Å². The lowest BCUT2D eigenvalue weighted by Gasteiger charge is -2.33. The first-order valence-electron chi connectivity index (χ1n) is 7.30. The van der Waals surface area contributed by atoms with E-state index in [2.05, 4.69) is 10.4 Å². The minimum absolute atomic E-state index is 0.169. The zero-order valence-corrected chi connectivity index (χ0v) is 12.6. The lowest BCUT2D eigenvalue weighted by Crippen LogP contribution is -2.43. The topological polar surface area (TPSA) is 67.2 Å². The van der Waals surface area contributed by atoms with E-state index >= 15 is 0 Å². The van der Waals surface area contributed by atoms with Crippen LogP contribution >= 0.6 is 0 Å². The number of hydrogen-bond acceptors (Lipinski definition) is 4. The lowest BCUT2D eigenvalue weighted by atomic mass is 9.89. The van der Waals surface area contributed by atoms with Crippen LogP contribution in [0, 0.1) is 5.92 Å². The van der Waals surface area contributed by atoms with Crippen molar-refractivity contribution in [2.75, 3.05) is 19.6 Å². The molecule has 0 bridgehead atoms. The predicted octanol–water partition coefficient (Wildman–Crippen LogP) is 0.573. The molecule has 0 radical (unpaired) electrons. The van der Waals surface area contributed by atoms with Gasteiger partial charge in [-0.25, -0.2) is 8.42 Å². The Bertz CT molecular complexity index is 563. The van der Waals surface area contributed by atoms with Gasteiger partial charge in [0.2, 0.25) is 10.0 Å². The molecule has 3 heterocycles. The average Bonchev–Trinajstić information content (AvgIpc) is 3.08. The third-order valence-electron chi connectivity index (χ3n) is 4.46. The maximum Gasteiger partial charge on any atom is 0.246 e. The number of aromatic nitrogens is 2. The largest absolute Gasteiger partial charge is 0.317 e. The Morgan fingerprint density at radius 3 is 2.70 bits per heavy atom. The second kappa shape index (κ2) is 5.46. The number of nitrogens with one attached hydrogen (secondary N) is 1. The Kier molecular flexibility index (Phi) is 3.83. The number of sulfonamides is 1. The molecular formula is C13H22N4O2S. The second-order valence-electron chi connectivity index (χ2n) is 5.76. The van der Waals surface area contributed by atoms with Crippen LogP contribution < -0.4 is 5.32 Å². The third-order valence-corrected chi connectivity index (χ3v) is 6.34. The summed E-state index contributed by atoms with van der Waals surface area (Å²) in [5.74, 6) is 0.491. The molecule has 2 aliphatic heterocycles. The molecule has 112 valence electrons. The van der Waals surface area contributed by atoms with Gasteiger partial charge in [0, 0.05) is 25.8 Å². The van der Waals surface area contributed by atoms with Crippen LogP contribution in [0.4, 0.5) is 0 Å². The standard InChI is InChI=1S/C13H22N4O2S/c1-16-10-12(9-15-16)20(18,19)17-8-2-3-13(17)11-4-6-14-7-5-11/h9-11,13-14H,2-8H2,1H3. The van der Waals surface area contributed by atoms with Crippen molar-refractivity contribution < 1.29 is 8.42 Å². The van der Waals surface area contributed by atoms with E-state index in [1.165, 1.54) is 6.20 Å². The van der Waals surface area contributed by atoms with E-state index in [4.69, 9.17) is 0 Å². The highest BCUT2D eigenvalue weighted by Crippen LogP contribution is 2.33. The van der Waals surface area contributed by atoms with Gasteiger partial charge in [0.05, 0.1) is 6.20 Å². The molecule has 1 atom stereocenters. The molecule has 2 aliphatic rings. The van der Waals surface area contributed by atoms with Crippen LogP contribution in [0.25, 0.3) is 0 Å². The van der Waals surface area contributed by atoms with Gasteiger partial charge in [-0.1, -0.05) is 0 Å². The second-order valence-corrected chi connectivity index (χ2v) is 7.65. The van der Waals surface area contributed by atoms with Crippen LogP contribution in [0.15, 0.2) is 17.3 Å². The summed E-state index contributed by atoms with van der Waals surface area (Å²) in [6, 6.07) is 0.169. The van der Waals surface area contributed by atoms with Crippen molar-refractivity contribution in [1.29, 1.82) is 0 Å². The maximum absolute atomic E-state index is 12.8. The quantitative estimate of drug-likeness (QED) is 0.886. The number of rotatable bonds is 3. The van der Waals surface area contributed by atoms with Crippen molar-refractivity contribution in [3.8, 4) is 0 Å². The van der Waals surface area contributed by atoms with Crippen LogP contribution in [-0.2, 0) is 17.1 Å². The number of piperidine rings is 1. The highest BCUT2D eigenvalue weighted by Gasteiger charge is 2.40. The van der Waals surface area contributed by atoms with Gasteiger partial charge in [-0.05, 0) is 44.7 Å². The first-order chi connectivity index (χ1) is 9.59. The number of nitrogens with zero attached hydrogens (tertiary/aromatic N) is 3. The van der Waals surface area contributed by atoms with Gasteiger partial charge in [0.1, 0.15) is 4.90 Å². The fraction of sp³-hybridized carbons (Fsp3) is 0.769. The molecule has 0 saturated carbocycles.